The van der Waals surface area contributed by atoms with Gasteiger partial charge < -0.3 is 9.88 Å². The molecule has 0 bridgehead atoms. The Hall–Kier alpha value is -2.92. The fraction of sp³-hybridized carbons (Fsp3) is 0.360. The predicted molar refractivity (Wildman–Crippen MR) is 119 cm³/mol. The number of aromatic nitrogens is 2. The molecule has 156 valence electrons. The van der Waals surface area contributed by atoms with Gasteiger partial charge in [-0.3, -0.25) is 9.69 Å². The van der Waals surface area contributed by atoms with E-state index in [2.05, 4.69) is 57.7 Å². The van der Waals surface area contributed by atoms with Crippen molar-refractivity contribution in [3.05, 3.63) is 84.4 Å². The number of carbonyl (C=O) groups excluding carboxylic acids is 1. The standard InChI is InChI=1S/C25H30N4O/c1-20(28-14-11-22(12-15-28)17-21-5-3-2-4-6-21)25(30)27-18-23-7-9-24(10-8-23)29-16-13-26-19-29/h2-10,13,16,19-20,22H,11-12,14-15,17-18H2,1H3,(H,27,30). The van der Waals surface area contributed by atoms with Crippen LogP contribution in [-0.4, -0.2) is 39.5 Å². The van der Waals surface area contributed by atoms with Crippen molar-refractivity contribution in [2.24, 2.45) is 5.92 Å². The summed E-state index contributed by atoms with van der Waals surface area (Å²) < 4.78 is 1.96. The zero-order chi connectivity index (χ0) is 20.8. The van der Waals surface area contributed by atoms with Gasteiger partial charge in [0, 0.05) is 24.6 Å². The average Bonchev–Trinajstić information content (AvgIpc) is 3.33. The Morgan fingerprint density at radius 2 is 1.80 bits per heavy atom. The lowest BCUT2D eigenvalue weighted by Gasteiger charge is -2.35. The third-order valence-corrected chi connectivity index (χ3v) is 6.15. The topological polar surface area (TPSA) is 50.2 Å². The molecule has 1 aliphatic heterocycles. The van der Waals surface area contributed by atoms with Crippen molar-refractivity contribution in [1.82, 2.24) is 19.8 Å². The number of rotatable bonds is 7. The van der Waals surface area contributed by atoms with Gasteiger partial charge in [0.05, 0.1) is 12.4 Å². The molecule has 1 N–H and O–H groups in total. The highest BCUT2D eigenvalue weighted by molar-refractivity contribution is 5.81. The van der Waals surface area contributed by atoms with Gasteiger partial charge in [0.25, 0.3) is 0 Å². The molecule has 2 heterocycles. The normalized spacial score (nSPS) is 16.3. The Labute approximate surface area is 178 Å². The minimum absolute atomic E-state index is 0.0899. The van der Waals surface area contributed by atoms with Crippen LogP contribution in [0.4, 0.5) is 0 Å². The fourth-order valence-corrected chi connectivity index (χ4v) is 4.19. The van der Waals surface area contributed by atoms with Crippen LogP contribution in [0.2, 0.25) is 0 Å². The van der Waals surface area contributed by atoms with E-state index in [1.807, 2.05) is 29.8 Å². The number of nitrogens with zero attached hydrogens (tertiary/aromatic N) is 3. The van der Waals surface area contributed by atoms with Crippen molar-refractivity contribution in [3.8, 4) is 5.69 Å². The summed E-state index contributed by atoms with van der Waals surface area (Å²) in [5, 5.41) is 3.10. The third kappa shape index (κ3) is 5.16. The van der Waals surface area contributed by atoms with Gasteiger partial charge in [0.1, 0.15) is 0 Å². The van der Waals surface area contributed by atoms with E-state index in [9.17, 15) is 4.79 Å². The molecule has 30 heavy (non-hydrogen) atoms. The van der Waals surface area contributed by atoms with Gasteiger partial charge in [0.2, 0.25) is 5.91 Å². The maximum Gasteiger partial charge on any atom is 0.237 e. The van der Waals surface area contributed by atoms with Crippen molar-refractivity contribution < 1.29 is 4.79 Å². The van der Waals surface area contributed by atoms with Crippen molar-refractivity contribution in [3.63, 3.8) is 0 Å². The number of likely N-dealkylation sites (tertiary alicyclic amines) is 1. The van der Waals surface area contributed by atoms with Gasteiger partial charge in [-0.05, 0) is 68.5 Å². The van der Waals surface area contributed by atoms with Gasteiger partial charge in [-0.25, -0.2) is 4.98 Å². The van der Waals surface area contributed by atoms with Crippen molar-refractivity contribution in [1.29, 1.82) is 0 Å². The highest BCUT2D eigenvalue weighted by Gasteiger charge is 2.26. The number of nitrogens with one attached hydrogen (secondary N) is 1. The highest BCUT2D eigenvalue weighted by atomic mass is 16.2. The van der Waals surface area contributed by atoms with Crippen LogP contribution in [-0.2, 0) is 17.8 Å². The van der Waals surface area contributed by atoms with Crippen LogP contribution in [0.15, 0.2) is 73.3 Å². The zero-order valence-corrected chi connectivity index (χ0v) is 17.6. The Bertz CT molecular complexity index is 914. The zero-order valence-electron chi connectivity index (χ0n) is 17.6. The quantitative estimate of drug-likeness (QED) is 0.653. The van der Waals surface area contributed by atoms with E-state index in [1.54, 1.807) is 12.5 Å². The molecular weight excluding hydrogens is 372 g/mol. The Balaban J connectivity index is 1.22. The molecule has 3 aromatic rings. The molecule has 0 aliphatic carbocycles. The monoisotopic (exact) mass is 402 g/mol. The predicted octanol–water partition coefficient (Wildman–Crippen LogP) is 3.83. The highest BCUT2D eigenvalue weighted by Crippen LogP contribution is 2.23. The number of hydrogen-bond donors (Lipinski definition) is 1. The molecule has 5 nitrogen and oxygen atoms in total. The van der Waals surface area contributed by atoms with E-state index in [0.717, 1.165) is 43.6 Å². The van der Waals surface area contributed by atoms with Crippen LogP contribution in [0.1, 0.15) is 30.9 Å². The second kappa shape index (κ2) is 9.72. The van der Waals surface area contributed by atoms with Crippen LogP contribution in [0.3, 0.4) is 0 Å². The summed E-state index contributed by atoms with van der Waals surface area (Å²) >= 11 is 0. The van der Waals surface area contributed by atoms with E-state index < -0.39 is 0 Å². The summed E-state index contributed by atoms with van der Waals surface area (Å²) in [7, 11) is 0. The number of piperidine rings is 1. The second-order valence-electron chi connectivity index (χ2n) is 8.20. The lowest BCUT2D eigenvalue weighted by molar-refractivity contribution is -0.126. The molecule has 1 aromatic heterocycles. The second-order valence-corrected chi connectivity index (χ2v) is 8.20. The molecule has 1 atom stereocenters. The first-order chi connectivity index (χ1) is 14.7. The van der Waals surface area contributed by atoms with Crippen LogP contribution in [0.25, 0.3) is 5.69 Å². The lowest BCUT2D eigenvalue weighted by atomic mass is 9.89. The van der Waals surface area contributed by atoms with E-state index in [1.165, 1.54) is 5.56 Å². The molecule has 0 radical (unpaired) electrons. The summed E-state index contributed by atoms with van der Waals surface area (Å²) in [6.45, 7) is 4.56. The number of benzene rings is 2. The number of imidazole rings is 1. The average molecular weight is 403 g/mol. The largest absolute Gasteiger partial charge is 0.351 e. The molecule has 2 aromatic carbocycles. The van der Waals surface area contributed by atoms with Crippen molar-refractivity contribution in [2.45, 2.75) is 38.8 Å². The third-order valence-electron chi connectivity index (χ3n) is 6.15. The number of amides is 1. The summed E-state index contributed by atoms with van der Waals surface area (Å²) in [5.41, 5.74) is 3.58. The molecule has 5 heteroatoms. The van der Waals surface area contributed by atoms with Crippen LogP contribution >= 0.6 is 0 Å². The number of hydrogen-bond acceptors (Lipinski definition) is 3. The van der Waals surface area contributed by atoms with E-state index in [4.69, 9.17) is 0 Å². The molecule has 0 saturated carbocycles. The molecule has 1 saturated heterocycles. The first-order valence-electron chi connectivity index (χ1n) is 10.8. The molecule has 1 amide bonds. The summed E-state index contributed by atoms with van der Waals surface area (Å²) in [6.07, 6.45) is 8.91. The summed E-state index contributed by atoms with van der Waals surface area (Å²) in [5.74, 6) is 0.822. The van der Waals surface area contributed by atoms with Crippen molar-refractivity contribution >= 4 is 5.91 Å². The van der Waals surface area contributed by atoms with Gasteiger partial charge in [-0.1, -0.05) is 42.5 Å². The van der Waals surface area contributed by atoms with Gasteiger partial charge >= 0.3 is 0 Å². The smallest absolute Gasteiger partial charge is 0.237 e. The van der Waals surface area contributed by atoms with Gasteiger partial charge in [-0.15, -0.1) is 0 Å². The van der Waals surface area contributed by atoms with Crippen LogP contribution < -0.4 is 5.32 Å². The minimum Gasteiger partial charge on any atom is -0.351 e. The fourth-order valence-electron chi connectivity index (χ4n) is 4.19. The summed E-state index contributed by atoms with van der Waals surface area (Å²) in [6, 6.07) is 18.8. The number of carbonyl (C=O) groups is 1. The lowest BCUT2D eigenvalue weighted by Crippen LogP contribution is -2.48. The molecule has 1 aliphatic rings. The Morgan fingerprint density at radius 3 is 2.47 bits per heavy atom. The van der Waals surface area contributed by atoms with Crippen LogP contribution in [0.5, 0.6) is 0 Å². The van der Waals surface area contributed by atoms with Crippen LogP contribution in [0, 0.1) is 5.92 Å². The minimum atomic E-state index is -0.0899. The van der Waals surface area contributed by atoms with E-state index in [0.29, 0.717) is 12.5 Å². The molecule has 4 rings (SSSR count). The Kier molecular flexibility index (Phi) is 6.60. The maximum absolute atomic E-state index is 12.7. The van der Waals surface area contributed by atoms with Gasteiger partial charge in [-0.2, -0.15) is 0 Å². The van der Waals surface area contributed by atoms with E-state index in [-0.39, 0.29) is 11.9 Å². The van der Waals surface area contributed by atoms with E-state index >= 15 is 0 Å². The molecule has 0 spiro atoms. The first-order valence-corrected chi connectivity index (χ1v) is 10.8. The SMILES string of the molecule is CC(C(=O)NCc1ccc(-n2ccnc2)cc1)N1CCC(Cc2ccccc2)CC1. The molecular formula is C25H30N4O. The van der Waals surface area contributed by atoms with Gasteiger partial charge in [0.15, 0.2) is 0 Å². The maximum atomic E-state index is 12.7. The van der Waals surface area contributed by atoms with Crippen molar-refractivity contribution in [2.75, 3.05) is 13.1 Å². The Morgan fingerprint density at radius 1 is 1.07 bits per heavy atom. The molecule has 1 unspecified atom stereocenters. The molecule has 1 fully saturated rings. The summed E-state index contributed by atoms with van der Waals surface area (Å²) in [4.78, 5) is 19.1. The first kappa shape index (κ1) is 20.4.